The number of carbonyl (C=O) groups is 3. The van der Waals surface area contributed by atoms with Crippen molar-refractivity contribution in [3.05, 3.63) is 135 Å². The summed E-state index contributed by atoms with van der Waals surface area (Å²) >= 11 is 14.9. The summed E-state index contributed by atoms with van der Waals surface area (Å²) in [6.07, 6.45) is 1.53. The Morgan fingerprint density at radius 1 is 0.841 bits per heavy atom. The molecule has 0 saturated carbocycles. The second kappa shape index (κ2) is 14.9. The van der Waals surface area contributed by atoms with Gasteiger partial charge in [-0.25, -0.2) is 4.98 Å². The maximum atomic E-state index is 13.4. The van der Waals surface area contributed by atoms with Gasteiger partial charge in [0.05, 0.1) is 11.4 Å². The fourth-order valence-corrected chi connectivity index (χ4v) is 5.75. The number of amides is 3. The molecule has 4 aromatic carbocycles. The Morgan fingerprint density at radius 2 is 1.59 bits per heavy atom. The van der Waals surface area contributed by atoms with Gasteiger partial charge in [-0.05, 0) is 60.2 Å². The number of nitrogens with zero attached hydrogens (tertiary/aromatic N) is 1. The molecule has 0 radical (unpaired) electrons. The van der Waals surface area contributed by atoms with Crippen LogP contribution in [0.15, 0.2) is 119 Å². The number of aromatic nitrogens is 1. The monoisotopic (exact) mass is 658 g/mol. The molecule has 0 saturated heterocycles. The van der Waals surface area contributed by atoms with Crippen molar-refractivity contribution in [1.29, 1.82) is 0 Å². The Hall–Kier alpha value is -4.41. The Morgan fingerprint density at radius 3 is 2.36 bits per heavy atom. The van der Waals surface area contributed by atoms with Gasteiger partial charge in [-0.3, -0.25) is 14.4 Å². The van der Waals surface area contributed by atoms with Crippen molar-refractivity contribution in [2.24, 2.45) is 0 Å². The first kappa shape index (κ1) is 31.0. The number of thioether (sulfide) groups is 1. The van der Waals surface area contributed by atoms with Crippen LogP contribution in [0.1, 0.15) is 15.9 Å². The third kappa shape index (κ3) is 8.58. The van der Waals surface area contributed by atoms with Crippen LogP contribution in [0, 0.1) is 0 Å². The number of hydrogen-bond acceptors (Lipinski definition) is 6. The van der Waals surface area contributed by atoms with E-state index in [1.807, 2.05) is 23.6 Å². The lowest BCUT2D eigenvalue weighted by Crippen LogP contribution is -2.30. The minimum atomic E-state index is -0.533. The Balaban J connectivity index is 1.23. The highest BCUT2D eigenvalue weighted by molar-refractivity contribution is 8.00. The molecule has 7 nitrogen and oxygen atoms in total. The minimum absolute atomic E-state index is 0.0193. The first-order valence-electron chi connectivity index (χ1n) is 13.2. The molecule has 3 amide bonds. The molecule has 5 aromatic rings. The second-order valence-corrected chi connectivity index (χ2v) is 12.0. The van der Waals surface area contributed by atoms with E-state index in [4.69, 9.17) is 23.2 Å². The van der Waals surface area contributed by atoms with Crippen molar-refractivity contribution < 1.29 is 14.4 Å². The number of carbonyl (C=O) groups excluding carboxylic acids is 3. The van der Waals surface area contributed by atoms with Crippen LogP contribution in [0.2, 0.25) is 10.0 Å². The number of anilines is 2. The highest BCUT2D eigenvalue weighted by atomic mass is 35.5. The molecule has 0 aliphatic rings. The zero-order chi connectivity index (χ0) is 30.9. The average Bonchev–Trinajstić information content (AvgIpc) is 3.50. The third-order valence-electron chi connectivity index (χ3n) is 6.09. The van der Waals surface area contributed by atoms with Crippen LogP contribution in [0.3, 0.4) is 0 Å². The van der Waals surface area contributed by atoms with Crippen molar-refractivity contribution in [1.82, 2.24) is 10.3 Å². The van der Waals surface area contributed by atoms with E-state index in [-0.39, 0.29) is 17.4 Å². The highest BCUT2D eigenvalue weighted by Crippen LogP contribution is 2.27. The number of nitrogens with one attached hydrogen (secondary N) is 3. The molecule has 1 heterocycles. The van der Waals surface area contributed by atoms with Gasteiger partial charge in [0.1, 0.15) is 5.70 Å². The molecular weight excluding hydrogens is 635 g/mol. The van der Waals surface area contributed by atoms with Crippen LogP contribution in [-0.2, 0) is 9.59 Å². The lowest BCUT2D eigenvalue weighted by atomic mass is 10.1. The third-order valence-corrected chi connectivity index (χ3v) is 8.43. The van der Waals surface area contributed by atoms with Gasteiger partial charge in [-0.2, -0.15) is 0 Å². The molecule has 11 heteroatoms. The minimum Gasteiger partial charge on any atom is -0.321 e. The zero-order valence-electron chi connectivity index (χ0n) is 22.9. The summed E-state index contributed by atoms with van der Waals surface area (Å²) in [4.78, 5) is 44.2. The smallest absolute Gasteiger partial charge is 0.272 e. The van der Waals surface area contributed by atoms with Crippen LogP contribution in [0.25, 0.3) is 17.3 Å². The summed E-state index contributed by atoms with van der Waals surface area (Å²) in [6.45, 7) is 0. The molecule has 1 aromatic heterocycles. The fraction of sp³-hybridized carbons (Fsp3) is 0.0303. The van der Waals surface area contributed by atoms with E-state index >= 15 is 0 Å². The van der Waals surface area contributed by atoms with Crippen LogP contribution >= 0.6 is 46.3 Å². The molecular formula is C33H24Cl2N4O3S2. The highest BCUT2D eigenvalue weighted by Gasteiger charge is 2.16. The van der Waals surface area contributed by atoms with E-state index in [1.54, 1.807) is 84.9 Å². The number of benzene rings is 4. The summed E-state index contributed by atoms with van der Waals surface area (Å²) in [6, 6.07) is 30.0. The zero-order valence-corrected chi connectivity index (χ0v) is 26.1. The quantitative estimate of drug-likeness (QED) is 0.104. The van der Waals surface area contributed by atoms with Crippen molar-refractivity contribution >= 4 is 80.9 Å². The molecule has 3 N–H and O–H groups in total. The van der Waals surface area contributed by atoms with Crippen molar-refractivity contribution in [3.63, 3.8) is 0 Å². The Kier molecular flexibility index (Phi) is 10.5. The summed E-state index contributed by atoms with van der Waals surface area (Å²) in [5.74, 6) is -1.04. The van der Waals surface area contributed by atoms with E-state index in [2.05, 4.69) is 20.9 Å². The van der Waals surface area contributed by atoms with E-state index < -0.39 is 11.8 Å². The van der Waals surface area contributed by atoms with E-state index in [0.29, 0.717) is 32.0 Å². The number of thiazole rings is 1. The van der Waals surface area contributed by atoms with Crippen LogP contribution in [-0.4, -0.2) is 28.5 Å². The predicted molar refractivity (Wildman–Crippen MR) is 180 cm³/mol. The predicted octanol–water partition coefficient (Wildman–Crippen LogP) is 8.26. The maximum absolute atomic E-state index is 13.4. The molecule has 44 heavy (non-hydrogen) atoms. The summed E-state index contributed by atoms with van der Waals surface area (Å²) in [5.41, 5.74) is 3.15. The topological polar surface area (TPSA) is 100 Å². The Labute approximate surface area is 272 Å². The second-order valence-electron chi connectivity index (χ2n) is 9.26. The van der Waals surface area contributed by atoms with E-state index in [0.717, 1.165) is 16.2 Å². The molecule has 0 unspecified atom stereocenters. The van der Waals surface area contributed by atoms with Crippen molar-refractivity contribution in [2.45, 2.75) is 4.90 Å². The fourth-order valence-electron chi connectivity index (χ4n) is 3.94. The molecule has 0 aliphatic heterocycles. The standard InChI is InChI=1S/C33H24Cl2N4O3S2/c34-24-15-13-21(14-16-24)29-19-44-33(38-29)39-30(40)20-43-26-11-6-10-25(18-26)36-32(42)28(17-23-9-4-5-12-27(23)35)37-31(41)22-7-2-1-3-8-22/h1-19H,20H2,(H,36,42)(H,37,41)(H,38,39,40)/b28-17+. The lowest BCUT2D eigenvalue weighted by molar-refractivity contribution is -0.114. The van der Waals surface area contributed by atoms with Crippen LogP contribution < -0.4 is 16.0 Å². The summed E-state index contributed by atoms with van der Waals surface area (Å²) < 4.78 is 0. The maximum Gasteiger partial charge on any atom is 0.272 e. The van der Waals surface area contributed by atoms with Crippen LogP contribution in [0.4, 0.5) is 10.8 Å². The van der Waals surface area contributed by atoms with Gasteiger partial charge in [-0.1, -0.05) is 77.8 Å². The number of halogens is 2. The largest absolute Gasteiger partial charge is 0.321 e. The van der Waals surface area contributed by atoms with Gasteiger partial charge in [0, 0.05) is 37.1 Å². The van der Waals surface area contributed by atoms with Crippen molar-refractivity contribution in [2.75, 3.05) is 16.4 Å². The molecule has 5 rings (SSSR count). The SMILES string of the molecule is O=C(CSc1cccc(NC(=O)/C(=C\c2ccccc2Cl)NC(=O)c2ccccc2)c1)Nc1nc(-c2ccc(Cl)cc2)cs1. The van der Waals surface area contributed by atoms with E-state index in [9.17, 15) is 14.4 Å². The van der Waals surface area contributed by atoms with Crippen molar-refractivity contribution in [3.8, 4) is 11.3 Å². The van der Waals surface area contributed by atoms with Gasteiger partial charge in [0.25, 0.3) is 11.8 Å². The van der Waals surface area contributed by atoms with Crippen LogP contribution in [0.5, 0.6) is 0 Å². The molecule has 0 bridgehead atoms. The van der Waals surface area contributed by atoms with Gasteiger partial charge >= 0.3 is 0 Å². The van der Waals surface area contributed by atoms with Gasteiger partial charge in [0.15, 0.2) is 5.13 Å². The average molecular weight is 660 g/mol. The van der Waals surface area contributed by atoms with Gasteiger partial charge < -0.3 is 16.0 Å². The summed E-state index contributed by atoms with van der Waals surface area (Å²) in [7, 11) is 0. The summed E-state index contributed by atoms with van der Waals surface area (Å²) in [5, 5.41) is 11.8. The first-order valence-corrected chi connectivity index (χ1v) is 15.8. The van der Waals surface area contributed by atoms with Gasteiger partial charge in [0.2, 0.25) is 5.91 Å². The van der Waals surface area contributed by atoms with Gasteiger partial charge in [-0.15, -0.1) is 23.1 Å². The molecule has 0 aliphatic carbocycles. The first-order chi connectivity index (χ1) is 21.3. The lowest BCUT2D eigenvalue weighted by Gasteiger charge is -2.12. The number of rotatable bonds is 10. The normalized spacial score (nSPS) is 11.1. The molecule has 220 valence electrons. The van der Waals surface area contributed by atoms with E-state index in [1.165, 1.54) is 29.2 Å². The molecule has 0 spiro atoms. The molecule has 0 atom stereocenters. The molecule has 0 fully saturated rings. The Bertz CT molecular complexity index is 1830. The number of hydrogen-bond donors (Lipinski definition) is 3.